The van der Waals surface area contributed by atoms with Crippen LogP contribution in [-0.2, 0) is 4.74 Å². The Labute approximate surface area is 106 Å². The molecule has 0 aliphatic rings. The summed E-state index contributed by atoms with van der Waals surface area (Å²) in [6.45, 7) is -1.42. The highest BCUT2D eigenvalue weighted by molar-refractivity contribution is 6.44. The SMILES string of the molecule is CCOC(=O)c1c(OC(F)F)ccc(Cl)c1Cl. The van der Waals surface area contributed by atoms with Crippen LogP contribution in [0.3, 0.4) is 0 Å². The van der Waals surface area contributed by atoms with Crippen molar-refractivity contribution >= 4 is 29.2 Å². The average molecular weight is 285 g/mol. The molecule has 0 N–H and O–H groups in total. The van der Waals surface area contributed by atoms with Gasteiger partial charge >= 0.3 is 12.6 Å². The van der Waals surface area contributed by atoms with Crippen molar-refractivity contribution in [3.8, 4) is 5.75 Å². The predicted molar refractivity (Wildman–Crippen MR) is 59.1 cm³/mol. The summed E-state index contributed by atoms with van der Waals surface area (Å²) in [6.07, 6.45) is 0. The smallest absolute Gasteiger partial charge is 0.387 e. The van der Waals surface area contributed by atoms with Gasteiger partial charge in [-0.05, 0) is 19.1 Å². The van der Waals surface area contributed by atoms with E-state index in [4.69, 9.17) is 23.2 Å². The van der Waals surface area contributed by atoms with E-state index in [9.17, 15) is 13.6 Å². The van der Waals surface area contributed by atoms with Crippen LogP contribution in [0.15, 0.2) is 12.1 Å². The van der Waals surface area contributed by atoms with Crippen LogP contribution in [0.25, 0.3) is 0 Å². The second-order valence-electron chi connectivity index (χ2n) is 2.83. The lowest BCUT2D eigenvalue weighted by Crippen LogP contribution is -2.11. The summed E-state index contributed by atoms with van der Waals surface area (Å²) in [5.74, 6) is -1.23. The molecule has 94 valence electrons. The van der Waals surface area contributed by atoms with Gasteiger partial charge in [0, 0.05) is 0 Å². The van der Waals surface area contributed by atoms with Gasteiger partial charge in [0.05, 0.1) is 16.7 Å². The monoisotopic (exact) mass is 284 g/mol. The molecule has 0 fully saturated rings. The molecule has 3 nitrogen and oxygen atoms in total. The number of rotatable bonds is 4. The van der Waals surface area contributed by atoms with Gasteiger partial charge in [-0.15, -0.1) is 0 Å². The minimum absolute atomic E-state index is 0.0522. The third-order valence-corrected chi connectivity index (χ3v) is 2.56. The quantitative estimate of drug-likeness (QED) is 0.790. The molecule has 0 saturated heterocycles. The lowest BCUT2D eigenvalue weighted by molar-refractivity contribution is -0.0504. The summed E-state index contributed by atoms with van der Waals surface area (Å²) in [4.78, 5) is 11.5. The fraction of sp³-hybridized carbons (Fsp3) is 0.300. The van der Waals surface area contributed by atoms with E-state index in [0.717, 1.165) is 6.07 Å². The molecule has 0 spiro atoms. The molecule has 0 amide bonds. The van der Waals surface area contributed by atoms with Crippen LogP contribution >= 0.6 is 23.2 Å². The molecule has 0 heterocycles. The first-order valence-corrected chi connectivity index (χ1v) is 5.32. The molecule has 1 aromatic rings. The summed E-state index contributed by atoms with van der Waals surface area (Å²) in [5, 5.41) is -0.125. The number of hydrogen-bond acceptors (Lipinski definition) is 3. The van der Waals surface area contributed by atoms with Crippen LogP contribution in [-0.4, -0.2) is 19.2 Å². The van der Waals surface area contributed by atoms with Crippen molar-refractivity contribution in [3.63, 3.8) is 0 Å². The summed E-state index contributed by atoms with van der Waals surface area (Å²) >= 11 is 11.4. The number of halogens is 4. The summed E-state index contributed by atoms with van der Waals surface area (Å²) in [5.41, 5.74) is -0.304. The van der Waals surface area contributed by atoms with Crippen molar-refractivity contribution in [2.45, 2.75) is 13.5 Å². The first-order valence-electron chi connectivity index (χ1n) is 4.57. The van der Waals surface area contributed by atoms with Gasteiger partial charge < -0.3 is 9.47 Å². The molecule has 0 aliphatic carbocycles. The van der Waals surface area contributed by atoms with Crippen LogP contribution in [0.2, 0.25) is 10.0 Å². The van der Waals surface area contributed by atoms with Crippen molar-refractivity contribution in [2.75, 3.05) is 6.61 Å². The first-order chi connectivity index (χ1) is 7.97. The Balaban J connectivity index is 3.21. The van der Waals surface area contributed by atoms with Crippen LogP contribution in [0.4, 0.5) is 8.78 Å². The number of ether oxygens (including phenoxy) is 2. The van der Waals surface area contributed by atoms with Crippen molar-refractivity contribution in [1.29, 1.82) is 0 Å². The largest absolute Gasteiger partial charge is 0.462 e. The molecule has 0 bridgehead atoms. The van der Waals surface area contributed by atoms with Gasteiger partial charge in [-0.25, -0.2) is 4.79 Å². The molecule has 0 atom stereocenters. The van der Waals surface area contributed by atoms with E-state index in [2.05, 4.69) is 9.47 Å². The lowest BCUT2D eigenvalue weighted by Gasteiger charge is -2.12. The van der Waals surface area contributed by atoms with Gasteiger partial charge in [-0.3, -0.25) is 0 Å². The Morgan fingerprint density at radius 3 is 2.59 bits per heavy atom. The van der Waals surface area contributed by atoms with E-state index in [1.165, 1.54) is 6.07 Å². The fourth-order valence-electron chi connectivity index (χ4n) is 1.12. The molecule has 0 saturated carbocycles. The Morgan fingerprint density at radius 2 is 2.06 bits per heavy atom. The molecule has 0 aliphatic heterocycles. The van der Waals surface area contributed by atoms with Gasteiger partial charge in [-0.1, -0.05) is 23.2 Å². The van der Waals surface area contributed by atoms with Gasteiger partial charge in [0.25, 0.3) is 0 Å². The standard InChI is InChI=1S/C10H8Cl2F2O3/c1-2-16-9(15)7-6(17-10(13)14)4-3-5(11)8(7)12/h3-4,10H,2H2,1H3. The maximum Gasteiger partial charge on any atom is 0.387 e. The lowest BCUT2D eigenvalue weighted by atomic mass is 10.2. The number of esters is 1. The number of alkyl halides is 2. The average Bonchev–Trinajstić information content (AvgIpc) is 2.23. The highest BCUT2D eigenvalue weighted by Gasteiger charge is 2.22. The Hall–Kier alpha value is -1.07. The first kappa shape index (κ1) is 14.0. The van der Waals surface area contributed by atoms with E-state index in [0.29, 0.717) is 0 Å². The maximum absolute atomic E-state index is 12.1. The fourth-order valence-corrected chi connectivity index (χ4v) is 1.51. The summed E-state index contributed by atoms with van der Waals surface area (Å²) in [6, 6.07) is 2.39. The molecule has 0 radical (unpaired) electrons. The van der Waals surface area contributed by atoms with E-state index in [-0.39, 0.29) is 28.0 Å². The molecular formula is C10H8Cl2F2O3. The highest BCUT2D eigenvalue weighted by Crippen LogP contribution is 2.34. The third-order valence-electron chi connectivity index (χ3n) is 1.75. The topological polar surface area (TPSA) is 35.5 Å². The zero-order chi connectivity index (χ0) is 13.0. The molecule has 1 aromatic carbocycles. The van der Waals surface area contributed by atoms with E-state index in [1.54, 1.807) is 6.92 Å². The molecule has 1 rings (SSSR count). The van der Waals surface area contributed by atoms with E-state index >= 15 is 0 Å². The predicted octanol–water partition coefficient (Wildman–Crippen LogP) is 3.77. The van der Waals surface area contributed by atoms with Crippen LogP contribution in [0.5, 0.6) is 5.75 Å². The third kappa shape index (κ3) is 3.44. The maximum atomic E-state index is 12.1. The zero-order valence-corrected chi connectivity index (χ0v) is 10.2. The van der Waals surface area contributed by atoms with Crippen LogP contribution < -0.4 is 4.74 Å². The van der Waals surface area contributed by atoms with Gasteiger partial charge in [0.1, 0.15) is 11.3 Å². The molecule has 0 aromatic heterocycles. The number of carbonyl (C=O) groups excluding carboxylic acids is 1. The molecule has 7 heteroatoms. The van der Waals surface area contributed by atoms with E-state index in [1.807, 2.05) is 0 Å². The highest BCUT2D eigenvalue weighted by atomic mass is 35.5. The Bertz CT molecular complexity index is 424. The van der Waals surface area contributed by atoms with Gasteiger partial charge in [-0.2, -0.15) is 8.78 Å². The summed E-state index contributed by atoms with van der Waals surface area (Å²) < 4.78 is 33.1. The minimum Gasteiger partial charge on any atom is -0.462 e. The number of carbonyl (C=O) groups is 1. The van der Waals surface area contributed by atoms with Crippen molar-refractivity contribution in [1.82, 2.24) is 0 Å². The van der Waals surface area contributed by atoms with Crippen molar-refractivity contribution in [3.05, 3.63) is 27.7 Å². The summed E-state index contributed by atoms with van der Waals surface area (Å²) in [7, 11) is 0. The van der Waals surface area contributed by atoms with Gasteiger partial charge in [0.2, 0.25) is 0 Å². The molecule has 0 unspecified atom stereocenters. The Morgan fingerprint density at radius 1 is 1.41 bits per heavy atom. The molecule has 17 heavy (non-hydrogen) atoms. The van der Waals surface area contributed by atoms with Crippen LogP contribution in [0.1, 0.15) is 17.3 Å². The van der Waals surface area contributed by atoms with Crippen molar-refractivity contribution < 1.29 is 23.0 Å². The van der Waals surface area contributed by atoms with E-state index < -0.39 is 12.6 Å². The Kier molecular flexibility index (Phi) is 4.96. The second kappa shape index (κ2) is 6.02. The molecular weight excluding hydrogens is 277 g/mol. The van der Waals surface area contributed by atoms with Crippen LogP contribution in [0, 0.1) is 0 Å². The normalized spacial score (nSPS) is 10.5. The second-order valence-corrected chi connectivity index (χ2v) is 3.62. The van der Waals surface area contributed by atoms with Crippen molar-refractivity contribution in [2.24, 2.45) is 0 Å². The number of hydrogen-bond donors (Lipinski definition) is 0. The number of benzene rings is 1. The van der Waals surface area contributed by atoms with Gasteiger partial charge in [0.15, 0.2) is 0 Å². The minimum atomic E-state index is -3.07. The zero-order valence-electron chi connectivity index (χ0n) is 8.68.